The number of nitrogens with zero attached hydrogens (tertiary/aromatic N) is 5. The molecule has 2 aromatic carbocycles. The maximum Gasteiger partial charge on any atom is 0.266 e. The second-order valence-corrected chi connectivity index (χ2v) is 10.2. The largest absolute Gasteiger partial charge is 0.369 e. The molecule has 0 atom stereocenters. The molecular weight excluding hydrogens is 502 g/mol. The van der Waals surface area contributed by atoms with Gasteiger partial charge >= 0.3 is 0 Å². The van der Waals surface area contributed by atoms with Gasteiger partial charge in [0.25, 0.3) is 5.56 Å². The minimum absolute atomic E-state index is 0.00151. The Morgan fingerprint density at radius 1 is 1.00 bits per heavy atom. The predicted octanol–water partition coefficient (Wildman–Crippen LogP) is 4.45. The number of aryl methyl sites for hydroxylation is 3. The fourth-order valence-corrected chi connectivity index (χ4v) is 5.22. The molecule has 1 fully saturated rings. The summed E-state index contributed by atoms with van der Waals surface area (Å²) in [5.74, 6) is 1.44. The van der Waals surface area contributed by atoms with E-state index < -0.39 is 0 Å². The van der Waals surface area contributed by atoms with Crippen LogP contribution in [0.15, 0.2) is 59.4 Å². The Morgan fingerprint density at radius 2 is 1.77 bits per heavy atom. The van der Waals surface area contributed by atoms with Crippen LogP contribution < -0.4 is 16.6 Å². The first kappa shape index (κ1) is 27.1. The topological polar surface area (TPSA) is 119 Å². The van der Waals surface area contributed by atoms with Crippen LogP contribution >= 0.6 is 0 Å². The Morgan fingerprint density at radius 3 is 2.55 bits per heavy atom. The molecule has 2 aromatic heterocycles. The van der Waals surface area contributed by atoms with E-state index in [0.717, 1.165) is 42.7 Å². The highest BCUT2D eigenvalue weighted by atomic mass is 16.2. The molecule has 9 heteroatoms. The zero-order chi connectivity index (χ0) is 28.1. The zero-order valence-corrected chi connectivity index (χ0v) is 23.1. The number of hydrogen-bond acceptors (Lipinski definition) is 7. The summed E-state index contributed by atoms with van der Waals surface area (Å²) in [5, 5.41) is 4.00. The Labute approximate surface area is 233 Å². The predicted molar refractivity (Wildman–Crippen MR) is 160 cm³/mol. The zero-order valence-electron chi connectivity index (χ0n) is 23.1. The minimum Gasteiger partial charge on any atom is -0.369 e. The standard InChI is InChI=1S/C31H35N7O2/c1-21-11-9-14-25-28(21)30(40)38(23-12-5-3-6-13-23)26(35-25)15-10-18-33-29-24(22(2)34-31(32)36-29)16-17-27(39)37-19-7-4-8-20-37/h3,5-6,9,11-14,16-17H,4,7-8,10,15,18-20H2,1-2H3,(H3,32,33,34,36)/b17-16+. The third-order valence-electron chi connectivity index (χ3n) is 7.27. The molecule has 0 aliphatic carbocycles. The first-order valence-electron chi connectivity index (χ1n) is 13.8. The maximum atomic E-state index is 13.6. The Kier molecular flexibility index (Phi) is 8.19. The van der Waals surface area contributed by atoms with Gasteiger partial charge in [-0.25, -0.2) is 9.97 Å². The molecule has 1 saturated heterocycles. The van der Waals surface area contributed by atoms with Crippen LogP contribution in [0.4, 0.5) is 11.8 Å². The number of piperidine rings is 1. The van der Waals surface area contributed by atoms with Crippen LogP contribution in [0.1, 0.15) is 48.3 Å². The number of nitrogens with one attached hydrogen (secondary N) is 1. The number of nitrogens with two attached hydrogens (primary N) is 1. The molecule has 4 aromatic rings. The van der Waals surface area contributed by atoms with Gasteiger partial charge in [0.05, 0.1) is 22.3 Å². The number of aromatic nitrogens is 4. The normalized spacial score (nSPS) is 13.7. The third kappa shape index (κ3) is 5.88. The van der Waals surface area contributed by atoms with E-state index >= 15 is 0 Å². The molecule has 9 nitrogen and oxygen atoms in total. The molecule has 206 valence electrons. The molecule has 1 amide bonds. The van der Waals surface area contributed by atoms with Gasteiger partial charge in [0.1, 0.15) is 11.6 Å². The molecule has 0 unspecified atom stereocenters. The van der Waals surface area contributed by atoms with Crippen molar-refractivity contribution in [2.75, 3.05) is 30.7 Å². The molecular formula is C31H35N7O2. The van der Waals surface area contributed by atoms with Crippen molar-refractivity contribution in [1.29, 1.82) is 0 Å². The van der Waals surface area contributed by atoms with Crippen molar-refractivity contribution in [3.05, 3.63) is 87.6 Å². The fourth-order valence-electron chi connectivity index (χ4n) is 5.22. The summed E-state index contributed by atoms with van der Waals surface area (Å²) >= 11 is 0. The number of nitrogen functional groups attached to an aromatic ring is 1. The molecule has 5 rings (SSSR count). The van der Waals surface area contributed by atoms with Gasteiger partial charge < -0.3 is 16.0 Å². The SMILES string of the molecule is Cc1nc(N)nc(NCCCc2nc3cccc(C)c3c(=O)n2-c2ccccc2)c1/C=C/C(=O)N1CCCCC1. The van der Waals surface area contributed by atoms with E-state index in [4.69, 9.17) is 10.7 Å². The fraction of sp³-hybridized carbons (Fsp3) is 0.323. The van der Waals surface area contributed by atoms with Gasteiger partial charge in [-0.3, -0.25) is 14.2 Å². The first-order valence-corrected chi connectivity index (χ1v) is 13.8. The van der Waals surface area contributed by atoms with E-state index in [-0.39, 0.29) is 17.4 Å². The van der Waals surface area contributed by atoms with Crippen molar-refractivity contribution in [1.82, 2.24) is 24.4 Å². The lowest BCUT2D eigenvalue weighted by atomic mass is 10.1. The molecule has 3 N–H and O–H groups in total. The first-order chi connectivity index (χ1) is 19.4. The molecule has 0 bridgehead atoms. The monoisotopic (exact) mass is 537 g/mol. The maximum absolute atomic E-state index is 13.6. The highest BCUT2D eigenvalue weighted by molar-refractivity contribution is 5.92. The van der Waals surface area contributed by atoms with Crippen LogP contribution in [0.5, 0.6) is 0 Å². The number of carbonyl (C=O) groups excluding carboxylic acids is 1. The minimum atomic E-state index is -0.0674. The average Bonchev–Trinajstić information content (AvgIpc) is 2.95. The molecule has 1 aliphatic heterocycles. The number of amides is 1. The third-order valence-corrected chi connectivity index (χ3v) is 7.27. The number of anilines is 2. The Hall–Kier alpha value is -4.53. The molecule has 0 saturated carbocycles. The summed E-state index contributed by atoms with van der Waals surface area (Å²) < 4.78 is 1.71. The molecule has 0 spiro atoms. The van der Waals surface area contributed by atoms with Gasteiger partial charge in [-0.15, -0.1) is 0 Å². The number of rotatable bonds is 8. The molecule has 0 radical (unpaired) electrons. The Balaban J connectivity index is 1.35. The molecule has 40 heavy (non-hydrogen) atoms. The Bertz CT molecular complexity index is 1610. The van der Waals surface area contributed by atoms with Crippen molar-refractivity contribution in [3.63, 3.8) is 0 Å². The van der Waals surface area contributed by atoms with Crippen LogP contribution in [-0.4, -0.2) is 50.0 Å². The van der Waals surface area contributed by atoms with Crippen molar-refractivity contribution in [2.24, 2.45) is 0 Å². The van der Waals surface area contributed by atoms with Gasteiger partial charge in [-0.1, -0.05) is 30.3 Å². The van der Waals surface area contributed by atoms with E-state index in [0.29, 0.717) is 47.6 Å². The quantitative estimate of drug-likeness (QED) is 0.252. The van der Waals surface area contributed by atoms with Crippen LogP contribution in [-0.2, 0) is 11.2 Å². The van der Waals surface area contributed by atoms with E-state index in [2.05, 4.69) is 15.3 Å². The highest BCUT2D eigenvalue weighted by Crippen LogP contribution is 2.21. The lowest BCUT2D eigenvalue weighted by Crippen LogP contribution is -2.34. The van der Waals surface area contributed by atoms with Crippen LogP contribution in [0.3, 0.4) is 0 Å². The van der Waals surface area contributed by atoms with Gasteiger partial charge in [0.2, 0.25) is 11.9 Å². The second-order valence-electron chi connectivity index (χ2n) is 10.2. The summed E-state index contributed by atoms with van der Waals surface area (Å²) in [6.45, 7) is 5.94. The molecule has 1 aliphatic rings. The summed E-state index contributed by atoms with van der Waals surface area (Å²) in [7, 11) is 0. The number of fused-ring (bicyclic) bond motifs is 1. The summed E-state index contributed by atoms with van der Waals surface area (Å²) in [5.41, 5.74) is 9.71. The van der Waals surface area contributed by atoms with Gasteiger partial charge in [0, 0.05) is 37.7 Å². The van der Waals surface area contributed by atoms with Gasteiger partial charge in [-0.2, -0.15) is 4.98 Å². The number of hydrogen-bond donors (Lipinski definition) is 2. The smallest absolute Gasteiger partial charge is 0.266 e. The lowest BCUT2D eigenvalue weighted by molar-refractivity contribution is -0.126. The average molecular weight is 538 g/mol. The van der Waals surface area contributed by atoms with Crippen molar-refractivity contribution in [3.8, 4) is 5.69 Å². The number of carbonyl (C=O) groups is 1. The van der Waals surface area contributed by atoms with Crippen LogP contribution in [0.2, 0.25) is 0 Å². The molecule has 3 heterocycles. The van der Waals surface area contributed by atoms with Crippen LogP contribution in [0, 0.1) is 13.8 Å². The van der Waals surface area contributed by atoms with E-state index in [1.165, 1.54) is 6.42 Å². The summed E-state index contributed by atoms with van der Waals surface area (Å²) in [6, 6.07) is 15.4. The van der Waals surface area contributed by atoms with Gasteiger partial charge in [0.15, 0.2) is 0 Å². The van der Waals surface area contributed by atoms with Crippen molar-refractivity contribution < 1.29 is 4.79 Å². The second kappa shape index (κ2) is 12.1. The lowest BCUT2D eigenvalue weighted by Gasteiger charge is -2.25. The summed E-state index contributed by atoms with van der Waals surface area (Å²) in [6.07, 6.45) is 7.88. The number of para-hydroxylation sites is 1. The van der Waals surface area contributed by atoms with Crippen LogP contribution in [0.25, 0.3) is 22.7 Å². The van der Waals surface area contributed by atoms with Gasteiger partial charge in [-0.05, 0) is 69.4 Å². The van der Waals surface area contributed by atoms with Crippen molar-refractivity contribution >= 4 is 34.7 Å². The number of benzene rings is 2. The van der Waals surface area contributed by atoms with E-state index in [1.807, 2.05) is 67.3 Å². The van der Waals surface area contributed by atoms with Crippen molar-refractivity contribution in [2.45, 2.75) is 46.0 Å². The highest BCUT2D eigenvalue weighted by Gasteiger charge is 2.16. The summed E-state index contributed by atoms with van der Waals surface area (Å²) in [4.78, 5) is 41.8. The number of likely N-dealkylation sites (tertiary alicyclic amines) is 1. The van der Waals surface area contributed by atoms with E-state index in [9.17, 15) is 9.59 Å². The van der Waals surface area contributed by atoms with E-state index in [1.54, 1.807) is 16.7 Å².